The molecular formula is C32H33IN2O2S. The summed E-state index contributed by atoms with van der Waals surface area (Å²) in [6.07, 6.45) is 0. The summed E-state index contributed by atoms with van der Waals surface area (Å²) in [5.74, 6) is 0.732. The minimum atomic E-state index is -0.850. The first-order valence-corrected chi connectivity index (χ1v) is 14.7. The smallest absolute Gasteiger partial charge is 0.352 e. The van der Waals surface area contributed by atoms with Crippen LogP contribution < -0.4 is 10.1 Å². The Kier molecular flexibility index (Phi) is 8.73. The van der Waals surface area contributed by atoms with E-state index in [0.717, 1.165) is 26.7 Å². The van der Waals surface area contributed by atoms with Gasteiger partial charge in [-0.15, -0.1) is 0 Å². The highest BCUT2D eigenvalue weighted by Crippen LogP contribution is 2.38. The number of nitrogens with one attached hydrogen (secondary N) is 1. The number of aryl methyl sites for hydroxylation is 2. The van der Waals surface area contributed by atoms with E-state index < -0.39 is 10.7 Å². The van der Waals surface area contributed by atoms with Crippen LogP contribution in [0.2, 0.25) is 0 Å². The van der Waals surface area contributed by atoms with Gasteiger partial charge in [0.1, 0.15) is 5.75 Å². The summed E-state index contributed by atoms with van der Waals surface area (Å²) < 4.78 is 11.2. The number of rotatable bonds is 5. The number of urea groups is 1. The van der Waals surface area contributed by atoms with Gasteiger partial charge in [0.15, 0.2) is 0 Å². The number of ether oxygens (including phenoxy) is 1. The van der Waals surface area contributed by atoms with Gasteiger partial charge in [0.25, 0.3) is 0 Å². The Balaban J connectivity index is 1.88. The molecule has 4 aromatic carbocycles. The van der Waals surface area contributed by atoms with Gasteiger partial charge in [-0.3, -0.25) is 0 Å². The summed E-state index contributed by atoms with van der Waals surface area (Å²) in [5.41, 5.74) is 6.63. The minimum Gasteiger partial charge on any atom is -0.497 e. The average Bonchev–Trinajstić information content (AvgIpc) is 2.88. The third-order valence-corrected chi connectivity index (χ3v) is 9.10. The number of amides is 2. The van der Waals surface area contributed by atoms with Crippen molar-refractivity contribution in [1.82, 2.24) is 0 Å². The van der Waals surface area contributed by atoms with E-state index in [0.29, 0.717) is 5.69 Å². The van der Waals surface area contributed by atoms with Crippen LogP contribution >= 0.6 is 22.6 Å². The fraction of sp³-hybridized carbons (Fsp3) is 0.219. The first-order valence-electron chi connectivity index (χ1n) is 12.5. The van der Waals surface area contributed by atoms with E-state index in [4.69, 9.17) is 9.10 Å². The van der Waals surface area contributed by atoms with Gasteiger partial charge in [-0.2, -0.15) is 4.36 Å². The molecule has 0 aliphatic rings. The molecular weight excluding hydrogens is 603 g/mol. The molecule has 1 unspecified atom stereocenters. The van der Waals surface area contributed by atoms with E-state index in [2.05, 4.69) is 123 Å². The standard InChI is InChI=1S/C32H33IN2O2S/c1-21-9-7-11-27(33)29(21)30-22(2)10-8-12-28(30)38(26-19-13-23(14-20-26)32(3,4)5)35-31(36)34-24-15-17-25(37-6)18-16-24/h7-20H,1-6H3,(H,34,36). The van der Waals surface area contributed by atoms with Crippen LogP contribution in [0, 0.1) is 17.4 Å². The van der Waals surface area contributed by atoms with Crippen LogP contribution in [-0.4, -0.2) is 13.1 Å². The van der Waals surface area contributed by atoms with Crippen LogP contribution in [0.15, 0.2) is 99.1 Å². The third kappa shape index (κ3) is 6.35. The summed E-state index contributed by atoms with van der Waals surface area (Å²) >= 11 is 2.40. The number of hydrogen-bond acceptors (Lipinski definition) is 2. The third-order valence-electron chi connectivity index (χ3n) is 6.37. The second kappa shape index (κ2) is 11.8. The molecule has 196 valence electrons. The number of nitrogens with zero attached hydrogens (tertiary/aromatic N) is 1. The highest BCUT2D eigenvalue weighted by molar-refractivity contribution is 14.1. The Bertz CT molecular complexity index is 1470. The SMILES string of the molecule is COc1ccc(NC(=O)N=S(c2ccc(C(C)(C)C)cc2)c2cccc(C)c2-c2c(C)cccc2I)cc1. The Morgan fingerprint density at radius 1 is 0.842 bits per heavy atom. The molecule has 0 spiro atoms. The van der Waals surface area contributed by atoms with Crippen molar-refractivity contribution in [3.8, 4) is 16.9 Å². The first-order chi connectivity index (χ1) is 18.1. The molecule has 1 N–H and O–H groups in total. The lowest BCUT2D eigenvalue weighted by atomic mass is 9.87. The van der Waals surface area contributed by atoms with E-state index in [1.165, 1.54) is 20.3 Å². The molecule has 1 atom stereocenters. The number of halogens is 1. The van der Waals surface area contributed by atoms with Gasteiger partial charge in [0, 0.05) is 24.6 Å². The Hall–Kier alpha value is -2.97. The molecule has 4 rings (SSSR count). The zero-order valence-corrected chi connectivity index (χ0v) is 25.6. The molecule has 0 heterocycles. The molecule has 0 saturated heterocycles. The number of carbonyl (C=O) groups is 1. The maximum Gasteiger partial charge on any atom is 0.352 e. The highest BCUT2D eigenvalue weighted by Gasteiger charge is 2.20. The highest BCUT2D eigenvalue weighted by atomic mass is 127. The number of carbonyl (C=O) groups excluding carboxylic acids is 1. The second-order valence-electron chi connectivity index (χ2n) is 10.2. The molecule has 0 aromatic heterocycles. The van der Waals surface area contributed by atoms with E-state index in [-0.39, 0.29) is 11.4 Å². The molecule has 0 radical (unpaired) electrons. The predicted octanol–water partition coefficient (Wildman–Crippen LogP) is 9.33. The Labute approximate surface area is 242 Å². The van der Waals surface area contributed by atoms with Crippen LogP contribution in [0.3, 0.4) is 0 Å². The number of benzene rings is 4. The van der Waals surface area contributed by atoms with E-state index in [1.54, 1.807) is 7.11 Å². The number of anilines is 1. The zero-order valence-electron chi connectivity index (χ0n) is 22.6. The van der Waals surface area contributed by atoms with Crippen molar-refractivity contribution >= 4 is 45.0 Å². The van der Waals surface area contributed by atoms with Gasteiger partial charge in [0.2, 0.25) is 0 Å². The second-order valence-corrected chi connectivity index (χ2v) is 13.0. The summed E-state index contributed by atoms with van der Waals surface area (Å²) in [6, 6.07) is 28.1. The molecule has 4 aromatic rings. The van der Waals surface area contributed by atoms with E-state index >= 15 is 0 Å². The Morgan fingerprint density at radius 3 is 2.03 bits per heavy atom. The van der Waals surface area contributed by atoms with Gasteiger partial charge in [-0.25, -0.2) is 4.79 Å². The van der Waals surface area contributed by atoms with Crippen molar-refractivity contribution in [3.63, 3.8) is 0 Å². The fourth-order valence-corrected chi connectivity index (χ4v) is 6.92. The monoisotopic (exact) mass is 636 g/mol. The lowest BCUT2D eigenvalue weighted by Crippen LogP contribution is -2.12. The van der Waals surface area contributed by atoms with Crippen molar-refractivity contribution in [2.24, 2.45) is 4.36 Å². The van der Waals surface area contributed by atoms with Crippen molar-refractivity contribution in [1.29, 1.82) is 0 Å². The maximum atomic E-state index is 13.3. The van der Waals surface area contributed by atoms with Crippen molar-refractivity contribution < 1.29 is 9.53 Å². The lowest BCUT2D eigenvalue weighted by Gasteiger charge is -2.21. The van der Waals surface area contributed by atoms with Gasteiger partial charge >= 0.3 is 6.03 Å². The average molecular weight is 637 g/mol. The van der Waals surface area contributed by atoms with Crippen molar-refractivity contribution in [3.05, 3.63) is 105 Å². The van der Waals surface area contributed by atoms with E-state index in [1.807, 2.05) is 24.3 Å². The van der Waals surface area contributed by atoms with Gasteiger partial charge in [-0.05, 0) is 123 Å². The van der Waals surface area contributed by atoms with Crippen molar-refractivity contribution in [2.45, 2.75) is 49.8 Å². The molecule has 0 aliphatic heterocycles. The Morgan fingerprint density at radius 2 is 1.45 bits per heavy atom. The van der Waals surface area contributed by atoms with Gasteiger partial charge in [0.05, 0.1) is 7.11 Å². The predicted molar refractivity (Wildman–Crippen MR) is 168 cm³/mol. The van der Waals surface area contributed by atoms with Crippen LogP contribution in [0.4, 0.5) is 10.5 Å². The summed E-state index contributed by atoms with van der Waals surface area (Å²) in [6.45, 7) is 10.9. The fourth-order valence-electron chi connectivity index (χ4n) is 4.29. The topological polar surface area (TPSA) is 50.7 Å². The number of methoxy groups -OCH3 is 1. The van der Waals surface area contributed by atoms with Crippen LogP contribution in [-0.2, 0) is 16.1 Å². The molecule has 0 saturated carbocycles. The molecule has 2 amide bonds. The van der Waals surface area contributed by atoms with Crippen molar-refractivity contribution in [2.75, 3.05) is 12.4 Å². The molecule has 0 bridgehead atoms. The molecule has 6 heteroatoms. The molecule has 0 aliphatic carbocycles. The minimum absolute atomic E-state index is 0.0335. The largest absolute Gasteiger partial charge is 0.497 e. The van der Waals surface area contributed by atoms with Crippen LogP contribution in [0.5, 0.6) is 5.75 Å². The van der Waals surface area contributed by atoms with E-state index in [9.17, 15) is 4.79 Å². The summed E-state index contributed by atoms with van der Waals surface area (Å²) in [5, 5.41) is 2.94. The molecule has 38 heavy (non-hydrogen) atoms. The molecule has 4 nitrogen and oxygen atoms in total. The van der Waals surface area contributed by atoms with Crippen LogP contribution in [0.1, 0.15) is 37.5 Å². The first kappa shape index (κ1) is 28.0. The normalized spacial score (nSPS) is 12.3. The summed E-state index contributed by atoms with van der Waals surface area (Å²) in [7, 11) is 0.770. The number of hydrogen-bond donors (Lipinski definition) is 1. The van der Waals surface area contributed by atoms with Gasteiger partial charge in [-0.1, -0.05) is 57.2 Å². The summed E-state index contributed by atoms with van der Waals surface area (Å²) in [4.78, 5) is 15.3. The lowest BCUT2D eigenvalue weighted by molar-refractivity contribution is 0.260. The molecule has 0 fully saturated rings. The maximum absolute atomic E-state index is 13.3. The van der Waals surface area contributed by atoms with Gasteiger partial charge < -0.3 is 10.1 Å². The quantitative estimate of drug-likeness (QED) is 0.222. The van der Waals surface area contributed by atoms with Crippen LogP contribution in [0.25, 0.3) is 11.1 Å². The zero-order chi connectivity index (χ0) is 27.4.